The van der Waals surface area contributed by atoms with Gasteiger partial charge in [0.25, 0.3) is 0 Å². The Balaban J connectivity index is 3.35. The SMILES string of the molecule is C=CC(=O)Oc1c(C=O)cc(C)c(C)c1C. The third-order valence-electron chi connectivity index (χ3n) is 2.63. The predicted molar refractivity (Wildman–Crippen MR) is 61.9 cm³/mol. The van der Waals surface area contributed by atoms with Gasteiger partial charge in [-0.3, -0.25) is 4.79 Å². The van der Waals surface area contributed by atoms with Crippen LogP contribution in [-0.4, -0.2) is 12.3 Å². The minimum atomic E-state index is -0.561. The molecule has 0 amide bonds. The molecule has 1 rings (SSSR count). The van der Waals surface area contributed by atoms with Gasteiger partial charge in [0.2, 0.25) is 0 Å². The Morgan fingerprint density at radius 3 is 2.44 bits per heavy atom. The molecule has 1 aromatic rings. The maximum absolute atomic E-state index is 11.1. The second kappa shape index (κ2) is 4.75. The molecule has 16 heavy (non-hydrogen) atoms. The van der Waals surface area contributed by atoms with Crippen molar-refractivity contribution < 1.29 is 14.3 Å². The molecule has 0 spiro atoms. The van der Waals surface area contributed by atoms with Crippen molar-refractivity contribution in [2.75, 3.05) is 0 Å². The summed E-state index contributed by atoms with van der Waals surface area (Å²) in [5, 5.41) is 0. The lowest BCUT2D eigenvalue weighted by molar-refractivity contribution is -0.129. The summed E-state index contributed by atoms with van der Waals surface area (Å²) in [5.74, 6) is -0.238. The van der Waals surface area contributed by atoms with Gasteiger partial charge in [0.05, 0.1) is 5.56 Å². The Morgan fingerprint density at radius 1 is 1.31 bits per heavy atom. The lowest BCUT2D eigenvalue weighted by Gasteiger charge is -2.13. The number of ether oxygens (including phenoxy) is 1. The highest BCUT2D eigenvalue weighted by atomic mass is 16.5. The van der Waals surface area contributed by atoms with Gasteiger partial charge in [-0.1, -0.05) is 6.58 Å². The van der Waals surface area contributed by atoms with Crippen molar-refractivity contribution in [2.45, 2.75) is 20.8 Å². The van der Waals surface area contributed by atoms with Crippen LogP contribution in [0.1, 0.15) is 27.0 Å². The monoisotopic (exact) mass is 218 g/mol. The first-order valence-electron chi connectivity index (χ1n) is 4.91. The Bertz CT molecular complexity index is 459. The van der Waals surface area contributed by atoms with E-state index in [-0.39, 0.29) is 0 Å². The minimum Gasteiger partial charge on any atom is -0.422 e. The van der Waals surface area contributed by atoms with E-state index in [1.165, 1.54) is 0 Å². The number of hydrogen-bond acceptors (Lipinski definition) is 3. The van der Waals surface area contributed by atoms with Crippen LogP contribution in [0.5, 0.6) is 5.75 Å². The highest BCUT2D eigenvalue weighted by Crippen LogP contribution is 2.28. The van der Waals surface area contributed by atoms with E-state index in [1.807, 2.05) is 20.8 Å². The van der Waals surface area contributed by atoms with E-state index in [1.54, 1.807) is 6.07 Å². The van der Waals surface area contributed by atoms with E-state index in [4.69, 9.17) is 4.74 Å². The van der Waals surface area contributed by atoms with E-state index >= 15 is 0 Å². The van der Waals surface area contributed by atoms with Crippen molar-refractivity contribution >= 4 is 12.3 Å². The molecule has 0 bridgehead atoms. The average molecular weight is 218 g/mol. The number of benzene rings is 1. The molecule has 0 aromatic heterocycles. The van der Waals surface area contributed by atoms with Crippen molar-refractivity contribution in [3.63, 3.8) is 0 Å². The molecular formula is C13H14O3. The summed E-state index contributed by atoms with van der Waals surface area (Å²) in [7, 11) is 0. The number of hydrogen-bond donors (Lipinski definition) is 0. The van der Waals surface area contributed by atoms with Crippen LogP contribution in [0.4, 0.5) is 0 Å². The maximum Gasteiger partial charge on any atom is 0.335 e. The van der Waals surface area contributed by atoms with Gasteiger partial charge >= 0.3 is 5.97 Å². The molecule has 0 saturated heterocycles. The van der Waals surface area contributed by atoms with Gasteiger partial charge in [-0.25, -0.2) is 4.79 Å². The average Bonchev–Trinajstić information content (AvgIpc) is 2.29. The number of aldehydes is 1. The molecule has 0 aliphatic rings. The number of esters is 1. The highest BCUT2D eigenvalue weighted by Gasteiger charge is 2.13. The minimum absolute atomic E-state index is 0.322. The lowest BCUT2D eigenvalue weighted by Crippen LogP contribution is -2.08. The molecule has 84 valence electrons. The zero-order valence-corrected chi connectivity index (χ0v) is 9.66. The fourth-order valence-corrected chi connectivity index (χ4v) is 1.45. The predicted octanol–water partition coefficient (Wildman–Crippen LogP) is 2.52. The number of aryl methyl sites for hydroxylation is 1. The molecule has 0 fully saturated rings. The summed E-state index contributed by atoms with van der Waals surface area (Å²) in [6.07, 6.45) is 1.76. The Kier molecular flexibility index (Phi) is 3.61. The van der Waals surface area contributed by atoms with Crippen molar-refractivity contribution in [2.24, 2.45) is 0 Å². The fourth-order valence-electron chi connectivity index (χ4n) is 1.45. The Hall–Kier alpha value is -1.90. The first-order valence-corrected chi connectivity index (χ1v) is 4.91. The van der Waals surface area contributed by atoms with Gasteiger partial charge in [0.1, 0.15) is 5.75 Å². The molecule has 0 N–H and O–H groups in total. The van der Waals surface area contributed by atoms with Crippen LogP contribution in [0, 0.1) is 20.8 Å². The highest BCUT2D eigenvalue weighted by molar-refractivity contribution is 5.88. The van der Waals surface area contributed by atoms with E-state index < -0.39 is 5.97 Å². The van der Waals surface area contributed by atoms with Gasteiger partial charge in [-0.15, -0.1) is 0 Å². The molecule has 0 saturated carbocycles. The molecule has 0 radical (unpaired) electrons. The molecule has 0 unspecified atom stereocenters. The molecule has 0 aliphatic heterocycles. The Morgan fingerprint density at radius 2 is 1.94 bits per heavy atom. The van der Waals surface area contributed by atoms with E-state index in [0.29, 0.717) is 17.6 Å². The molecule has 3 nitrogen and oxygen atoms in total. The van der Waals surface area contributed by atoms with E-state index in [2.05, 4.69) is 6.58 Å². The quantitative estimate of drug-likeness (QED) is 0.339. The van der Waals surface area contributed by atoms with Crippen LogP contribution < -0.4 is 4.74 Å². The van der Waals surface area contributed by atoms with Gasteiger partial charge in [0.15, 0.2) is 6.29 Å². The summed E-state index contributed by atoms with van der Waals surface area (Å²) in [4.78, 5) is 22.0. The second-order valence-electron chi connectivity index (χ2n) is 3.60. The molecule has 0 aliphatic carbocycles. The van der Waals surface area contributed by atoms with Crippen LogP contribution in [0.2, 0.25) is 0 Å². The van der Waals surface area contributed by atoms with Gasteiger partial charge in [-0.2, -0.15) is 0 Å². The zero-order chi connectivity index (χ0) is 12.3. The van der Waals surface area contributed by atoms with Crippen molar-refractivity contribution in [3.05, 3.63) is 41.0 Å². The summed E-state index contributed by atoms with van der Waals surface area (Å²) < 4.78 is 5.06. The van der Waals surface area contributed by atoms with Gasteiger partial charge < -0.3 is 4.74 Å². The van der Waals surface area contributed by atoms with Crippen LogP contribution in [0.15, 0.2) is 18.7 Å². The third-order valence-corrected chi connectivity index (χ3v) is 2.63. The standard InChI is InChI=1S/C13H14O3/c1-5-12(15)16-13-10(4)9(3)8(2)6-11(13)7-14/h5-7H,1H2,2-4H3. The summed E-state index contributed by atoms with van der Waals surface area (Å²) >= 11 is 0. The third kappa shape index (κ3) is 2.19. The Labute approximate surface area is 94.7 Å². The fraction of sp³-hybridized carbons (Fsp3) is 0.231. The summed E-state index contributed by atoms with van der Waals surface area (Å²) in [6.45, 7) is 8.97. The largest absolute Gasteiger partial charge is 0.422 e. The summed E-state index contributed by atoms with van der Waals surface area (Å²) in [6, 6.07) is 1.71. The normalized spacial score (nSPS) is 9.69. The van der Waals surface area contributed by atoms with Crippen LogP contribution in [0.25, 0.3) is 0 Å². The summed E-state index contributed by atoms with van der Waals surface area (Å²) in [5.41, 5.74) is 3.20. The molecule has 0 atom stereocenters. The first kappa shape index (κ1) is 12.2. The number of carbonyl (C=O) groups excluding carboxylic acids is 2. The maximum atomic E-state index is 11.1. The number of rotatable bonds is 3. The van der Waals surface area contributed by atoms with Crippen molar-refractivity contribution in [1.29, 1.82) is 0 Å². The van der Waals surface area contributed by atoms with Crippen molar-refractivity contribution in [1.82, 2.24) is 0 Å². The smallest absolute Gasteiger partial charge is 0.335 e. The molecular weight excluding hydrogens is 204 g/mol. The second-order valence-corrected chi connectivity index (χ2v) is 3.60. The van der Waals surface area contributed by atoms with Gasteiger partial charge in [0, 0.05) is 6.08 Å². The van der Waals surface area contributed by atoms with E-state index in [9.17, 15) is 9.59 Å². The lowest BCUT2D eigenvalue weighted by atomic mass is 9.99. The van der Waals surface area contributed by atoms with Crippen LogP contribution in [0.3, 0.4) is 0 Å². The first-order chi connectivity index (χ1) is 7.51. The molecule has 1 aromatic carbocycles. The van der Waals surface area contributed by atoms with Crippen LogP contribution >= 0.6 is 0 Å². The zero-order valence-electron chi connectivity index (χ0n) is 9.66. The van der Waals surface area contributed by atoms with Crippen molar-refractivity contribution in [3.8, 4) is 5.75 Å². The topological polar surface area (TPSA) is 43.4 Å². The number of carbonyl (C=O) groups is 2. The van der Waals surface area contributed by atoms with Crippen LogP contribution in [-0.2, 0) is 4.79 Å². The molecule has 0 heterocycles. The van der Waals surface area contributed by atoms with Gasteiger partial charge in [-0.05, 0) is 43.5 Å². The molecule has 3 heteroatoms. The van der Waals surface area contributed by atoms with E-state index in [0.717, 1.165) is 22.8 Å².